The van der Waals surface area contributed by atoms with Crippen LogP contribution in [0.3, 0.4) is 0 Å². The Bertz CT molecular complexity index is 66.2. The fourth-order valence-electron chi connectivity index (χ4n) is 1.31. The summed E-state index contributed by atoms with van der Waals surface area (Å²) in [5.74, 6) is 0. The fraction of sp³-hybridized carbons (Fsp3) is 1.00. The normalized spacial score (nSPS) is 10.3. The van der Waals surface area contributed by atoms with Crippen LogP contribution >= 0.6 is 0 Å². The molecule has 0 radical (unpaired) electrons. The van der Waals surface area contributed by atoms with Crippen LogP contribution in [-0.2, 0) is 28.0 Å². The minimum absolute atomic E-state index is 0.979. The van der Waals surface area contributed by atoms with Crippen molar-refractivity contribution in [3.63, 3.8) is 0 Å². The molecule has 0 fully saturated rings. The van der Waals surface area contributed by atoms with Gasteiger partial charge in [-0.15, -0.1) is 0 Å². The van der Waals surface area contributed by atoms with E-state index in [1.807, 2.05) is 0 Å². The maximum atomic E-state index is 5.08. The Morgan fingerprint density at radius 1 is 0.833 bits per heavy atom. The van der Waals surface area contributed by atoms with Gasteiger partial charge in [-0.2, -0.15) is 0 Å². The molecule has 2 heteroatoms. The SMILES string of the molecule is CCCCCCCCCC[O][Zr]. The summed E-state index contributed by atoms with van der Waals surface area (Å²) in [6, 6.07) is 0. The van der Waals surface area contributed by atoms with Gasteiger partial charge in [0, 0.05) is 0 Å². The summed E-state index contributed by atoms with van der Waals surface area (Å²) in [7, 11) is 0. The van der Waals surface area contributed by atoms with Crippen LogP contribution in [0, 0.1) is 0 Å². The Morgan fingerprint density at radius 2 is 1.33 bits per heavy atom. The molecule has 0 saturated carbocycles. The minimum atomic E-state index is 0.979. The topological polar surface area (TPSA) is 9.23 Å². The molecule has 0 saturated heterocycles. The second-order valence-electron chi connectivity index (χ2n) is 3.32. The molecule has 0 aliphatic carbocycles. The van der Waals surface area contributed by atoms with Gasteiger partial charge in [0.1, 0.15) is 0 Å². The third kappa shape index (κ3) is 10.8. The van der Waals surface area contributed by atoms with Gasteiger partial charge >= 0.3 is 92.9 Å². The second kappa shape index (κ2) is 11.8. The average Bonchev–Trinajstić information content (AvgIpc) is 2.10. The van der Waals surface area contributed by atoms with Crippen molar-refractivity contribution in [1.29, 1.82) is 0 Å². The van der Waals surface area contributed by atoms with E-state index in [0.717, 1.165) is 6.61 Å². The fourth-order valence-corrected chi connectivity index (χ4v) is 1.66. The molecule has 0 unspecified atom stereocenters. The van der Waals surface area contributed by atoms with Crippen molar-refractivity contribution in [3.8, 4) is 0 Å². The molecule has 0 amide bonds. The van der Waals surface area contributed by atoms with E-state index in [9.17, 15) is 0 Å². The zero-order chi connectivity index (χ0) is 9.07. The van der Waals surface area contributed by atoms with Crippen molar-refractivity contribution in [2.24, 2.45) is 0 Å². The van der Waals surface area contributed by atoms with E-state index in [4.69, 9.17) is 2.81 Å². The van der Waals surface area contributed by atoms with Crippen LogP contribution < -0.4 is 0 Å². The molecule has 0 aromatic carbocycles. The Hall–Kier alpha value is 0.843. The summed E-state index contributed by atoms with van der Waals surface area (Å²) in [6.45, 7) is 3.24. The number of hydrogen-bond donors (Lipinski definition) is 0. The Labute approximate surface area is 92.7 Å². The molecule has 0 spiro atoms. The van der Waals surface area contributed by atoms with Gasteiger partial charge in [0.15, 0.2) is 0 Å². The molecule has 0 aromatic heterocycles. The number of hydrogen-bond acceptors (Lipinski definition) is 1. The molecule has 12 heavy (non-hydrogen) atoms. The summed E-state index contributed by atoms with van der Waals surface area (Å²) >= 11 is 1.22. The van der Waals surface area contributed by atoms with Crippen LogP contribution in [-0.4, -0.2) is 6.61 Å². The van der Waals surface area contributed by atoms with Crippen molar-refractivity contribution in [2.45, 2.75) is 58.3 Å². The van der Waals surface area contributed by atoms with Gasteiger partial charge < -0.3 is 0 Å². The molecule has 0 heterocycles. The van der Waals surface area contributed by atoms with Gasteiger partial charge in [0.05, 0.1) is 0 Å². The number of unbranched alkanes of at least 4 members (excludes halogenated alkanes) is 7. The van der Waals surface area contributed by atoms with Crippen LogP contribution in [0.1, 0.15) is 58.3 Å². The van der Waals surface area contributed by atoms with Crippen LogP contribution in [0.4, 0.5) is 0 Å². The van der Waals surface area contributed by atoms with E-state index in [1.54, 1.807) is 0 Å². The van der Waals surface area contributed by atoms with Gasteiger partial charge in [-0.05, 0) is 0 Å². The zero-order valence-electron chi connectivity index (χ0n) is 8.27. The predicted octanol–water partition coefficient (Wildman–Crippen LogP) is 3.61. The summed E-state index contributed by atoms with van der Waals surface area (Å²) < 4.78 is 5.08. The number of rotatable bonds is 9. The molecule has 0 aliphatic rings. The Morgan fingerprint density at radius 3 is 1.83 bits per heavy atom. The van der Waals surface area contributed by atoms with Crippen LogP contribution in [0.5, 0.6) is 0 Å². The first kappa shape index (κ1) is 12.8. The van der Waals surface area contributed by atoms with E-state index in [0.29, 0.717) is 0 Å². The van der Waals surface area contributed by atoms with Crippen molar-refractivity contribution in [3.05, 3.63) is 0 Å². The third-order valence-corrected chi connectivity index (χ3v) is 2.60. The molecule has 0 atom stereocenters. The van der Waals surface area contributed by atoms with Crippen LogP contribution in [0.25, 0.3) is 0 Å². The van der Waals surface area contributed by atoms with Gasteiger partial charge in [-0.1, -0.05) is 0 Å². The van der Waals surface area contributed by atoms with Gasteiger partial charge in [-0.25, -0.2) is 0 Å². The van der Waals surface area contributed by atoms with Crippen molar-refractivity contribution in [1.82, 2.24) is 0 Å². The zero-order valence-corrected chi connectivity index (χ0v) is 10.7. The quantitative estimate of drug-likeness (QED) is 0.567. The summed E-state index contributed by atoms with van der Waals surface area (Å²) in [6.07, 6.45) is 11.1. The first-order chi connectivity index (χ1) is 5.91. The van der Waals surface area contributed by atoms with E-state index < -0.39 is 0 Å². The summed E-state index contributed by atoms with van der Waals surface area (Å²) in [5, 5.41) is 0. The van der Waals surface area contributed by atoms with E-state index in [2.05, 4.69) is 6.92 Å². The standard InChI is InChI=1S/C10H21O.Zr/c1-2-3-4-5-6-7-8-9-10-11;/h2-10H2,1H3;/q-1;+1. The van der Waals surface area contributed by atoms with E-state index in [-0.39, 0.29) is 0 Å². The monoisotopic (exact) mass is 247 g/mol. The second-order valence-corrected chi connectivity index (χ2v) is 4.03. The van der Waals surface area contributed by atoms with Crippen LogP contribution in [0.15, 0.2) is 0 Å². The third-order valence-electron chi connectivity index (χ3n) is 2.10. The maximum absolute atomic E-state index is 5.08. The van der Waals surface area contributed by atoms with Crippen LogP contribution in [0.2, 0.25) is 0 Å². The average molecular weight is 249 g/mol. The molecule has 0 aliphatic heterocycles. The van der Waals surface area contributed by atoms with Gasteiger partial charge in [-0.3, -0.25) is 0 Å². The summed E-state index contributed by atoms with van der Waals surface area (Å²) in [5.41, 5.74) is 0. The molecule has 0 aromatic rings. The van der Waals surface area contributed by atoms with Crippen molar-refractivity contribution >= 4 is 0 Å². The Kier molecular flexibility index (Phi) is 12.7. The molecule has 0 rings (SSSR count). The first-order valence-electron chi connectivity index (χ1n) is 5.20. The summed E-state index contributed by atoms with van der Waals surface area (Å²) in [4.78, 5) is 0. The molecule has 0 N–H and O–H groups in total. The molecule has 0 bridgehead atoms. The molecular formula is C10H21OZr. The van der Waals surface area contributed by atoms with E-state index >= 15 is 0 Å². The van der Waals surface area contributed by atoms with E-state index in [1.165, 1.54) is 76.5 Å². The molecule has 1 nitrogen and oxygen atoms in total. The van der Waals surface area contributed by atoms with Gasteiger partial charge in [0.2, 0.25) is 0 Å². The first-order valence-corrected chi connectivity index (χ1v) is 6.20. The van der Waals surface area contributed by atoms with Crippen molar-refractivity contribution < 1.29 is 28.0 Å². The Balaban J connectivity index is 2.73. The molecular weight excluding hydrogens is 227 g/mol. The molecule has 71 valence electrons. The predicted molar refractivity (Wildman–Crippen MR) is 48.6 cm³/mol. The van der Waals surface area contributed by atoms with Crippen molar-refractivity contribution in [2.75, 3.05) is 6.61 Å². The van der Waals surface area contributed by atoms with Gasteiger partial charge in [0.25, 0.3) is 0 Å².